The minimum atomic E-state index is 0.763. The highest BCUT2D eigenvalue weighted by Crippen LogP contribution is 2.10. The Kier molecular flexibility index (Phi) is 4.33. The Bertz CT molecular complexity index is 534. The fourth-order valence-electron chi connectivity index (χ4n) is 1.85. The van der Waals surface area contributed by atoms with Crippen molar-refractivity contribution in [2.45, 2.75) is 20.3 Å². The predicted octanol–water partition coefficient (Wildman–Crippen LogP) is 1.60. The van der Waals surface area contributed by atoms with Crippen LogP contribution in [-0.4, -0.2) is 32.8 Å². The Morgan fingerprint density at radius 1 is 1.21 bits per heavy atom. The first-order chi connectivity index (χ1) is 9.17. The molecule has 0 fully saturated rings. The van der Waals surface area contributed by atoms with E-state index in [0.717, 1.165) is 42.7 Å². The van der Waals surface area contributed by atoms with Gasteiger partial charge in [0.15, 0.2) is 0 Å². The summed E-state index contributed by atoms with van der Waals surface area (Å²) in [6, 6.07) is 3.95. The topological polar surface area (TPSA) is 67.7 Å². The Labute approximate surface area is 113 Å². The molecule has 2 rings (SSSR count). The molecule has 0 unspecified atom stereocenters. The number of aromatic nitrogens is 4. The zero-order valence-corrected chi connectivity index (χ0v) is 11.6. The van der Waals surface area contributed by atoms with Crippen molar-refractivity contribution in [3.63, 3.8) is 0 Å². The summed E-state index contributed by atoms with van der Waals surface area (Å²) in [6.45, 7) is 5.60. The van der Waals surface area contributed by atoms with E-state index in [0.29, 0.717) is 0 Å². The smallest absolute Gasteiger partial charge is 0.131 e. The fraction of sp³-hybridized carbons (Fsp3) is 0.462. The second kappa shape index (κ2) is 6.17. The normalized spacial score (nSPS) is 10.5. The van der Waals surface area contributed by atoms with E-state index in [2.05, 4.69) is 25.7 Å². The third kappa shape index (κ3) is 3.94. The number of nitrogens with zero attached hydrogens (tertiary/aromatic N) is 4. The lowest BCUT2D eigenvalue weighted by molar-refractivity contribution is 0.742. The van der Waals surface area contributed by atoms with E-state index in [9.17, 15) is 0 Å². The van der Waals surface area contributed by atoms with Crippen LogP contribution in [0, 0.1) is 6.92 Å². The van der Waals surface area contributed by atoms with Crippen LogP contribution in [-0.2, 0) is 13.5 Å². The summed E-state index contributed by atoms with van der Waals surface area (Å²) in [4.78, 5) is 8.68. The standard InChI is InChI=1S/C13H20N6/c1-4-14-12-9-13(17-10(2)16-12)15-7-5-11-6-8-19(3)18-11/h6,8-9H,4-5,7H2,1-3H3,(H2,14,15,16,17). The van der Waals surface area contributed by atoms with Crippen LogP contribution in [0.4, 0.5) is 11.6 Å². The first kappa shape index (κ1) is 13.3. The average molecular weight is 260 g/mol. The minimum absolute atomic E-state index is 0.763. The Morgan fingerprint density at radius 3 is 2.58 bits per heavy atom. The first-order valence-corrected chi connectivity index (χ1v) is 6.49. The summed E-state index contributed by atoms with van der Waals surface area (Å²) in [5, 5.41) is 10.8. The molecule has 0 aliphatic heterocycles. The molecule has 0 spiro atoms. The highest BCUT2D eigenvalue weighted by Gasteiger charge is 2.01. The van der Waals surface area contributed by atoms with Gasteiger partial charge in [0.2, 0.25) is 0 Å². The minimum Gasteiger partial charge on any atom is -0.370 e. The monoisotopic (exact) mass is 260 g/mol. The van der Waals surface area contributed by atoms with Gasteiger partial charge in [0, 0.05) is 38.8 Å². The van der Waals surface area contributed by atoms with Crippen LogP contribution in [0.25, 0.3) is 0 Å². The molecule has 2 aromatic rings. The van der Waals surface area contributed by atoms with Crippen LogP contribution in [0.15, 0.2) is 18.3 Å². The van der Waals surface area contributed by atoms with Crippen molar-refractivity contribution < 1.29 is 0 Å². The lowest BCUT2D eigenvalue weighted by atomic mass is 10.3. The number of anilines is 2. The van der Waals surface area contributed by atoms with Crippen molar-refractivity contribution in [2.24, 2.45) is 7.05 Å². The molecule has 0 radical (unpaired) electrons. The average Bonchev–Trinajstić information content (AvgIpc) is 2.75. The second-order valence-corrected chi connectivity index (χ2v) is 4.37. The molecular weight excluding hydrogens is 240 g/mol. The van der Waals surface area contributed by atoms with Gasteiger partial charge in [-0.2, -0.15) is 5.10 Å². The Hall–Kier alpha value is -2.11. The van der Waals surface area contributed by atoms with E-state index in [1.54, 1.807) is 0 Å². The van der Waals surface area contributed by atoms with E-state index in [4.69, 9.17) is 0 Å². The van der Waals surface area contributed by atoms with Gasteiger partial charge in [-0.3, -0.25) is 4.68 Å². The van der Waals surface area contributed by atoms with Crippen molar-refractivity contribution >= 4 is 11.6 Å². The van der Waals surface area contributed by atoms with Crippen molar-refractivity contribution in [1.82, 2.24) is 19.7 Å². The van der Waals surface area contributed by atoms with E-state index >= 15 is 0 Å². The molecule has 19 heavy (non-hydrogen) atoms. The molecule has 2 heterocycles. The van der Waals surface area contributed by atoms with Crippen LogP contribution in [0.5, 0.6) is 0 Å². The SMILES string of the molecule is CCNc1cc(NCCc2ccn(C)n2)nc(C)n1. The first-order valence-electron chi connectivity index (χ1n) is 6.49. The lowest BCUT2D eigenvalue weighted by Crippen LogP contribution is -2.09. The van der Waals surface area contributed by atoms with Crippen LogP contribution >= 0.6 is 0 Å². The number of aryl methyl sites for hydroxylation is 2. The van der Waals surface area contributed by atoms with Crippen molar-refractivity contribution in [3.8, 4) is 0 Å². The molecule has 102 valence electrons. The molecule has 0 aliphatic carbocycles. The predicted molar refractivity (Wildman–Crippen MR) is 76.3 cm³/mol. The Morgan fingerprint density at radius 2 is 1.95 bits per heavy atom. The second-order valence-electron chi connectivity index (χ2n) is 4.37. The molecule has 0 amide bonds. The number of hydrogen-bond acceptors (Lipinski definition) is 5. The summed E-state index contributed by atoms with van der Waals surface area (Å²) in [6.07, 6.45) is 2.83. The molecule has 6 heteroatoms. The van der Waals surface area contributed by atoms with Crippen LogP contribution in [0.2, 0.25) is 0 Å². The van der Waals surface area contributed by atoms with Crippen molar-refractivity contribution in [2.75, 3.05) is 23.7 Å². The van der Waals surface area contributed by atoms with Crippen molar-refractivity contribution in [3.05, 3.63) is 29.8 Å². The van der Waals surface area contributed by atoms with Gasteiger partial charge in [-0.05, 0) is 19.9 Å². The van der Waals surface area contributed by atoms with Gasteiger partial charge in [-0.25, -0.2) is 9.97 Å². The molecule has 0 atom stereocenters. The Balaban J connectivity index is 1.91. The van der Waals surface area contributed by atoms with Gasteiger partial charge in [-0.15, -0.1) is 0 Å². The van der Waals surface area contributed by atoms with Gasteiger partial charge >= 0.3 is 0 Å². The maximum Gasteiger partial charge on any atom is 0.131 e. The summed E-state index contributed by atoms with van der Waals surface area (Å²) < 4.78 is 1.81. The zero-order chi connectivity index (χ0) is 13.7. The molecule has 0 aromatic carbocycles. The summed E-state index contributed by atoms with van der Waals surface area (Å²) in [5.41, 5.74) is 1.08. The summed E-state index contributed by atoms with van der Waals surface area (Å²) in [5.74, 6) is 2.47. The number of nitrogens with one attached hydrogen (secondary N) is 2. The van der Waals surface area contributed by atoms with Crippen LogP contribution in [0.1, 0.15) is 18.4 Å². The van der Waals surface area contributed by atoms with E-state index < -0.39 is 0 Å². The largest absolute Gasteiger partial charge is 0.370 e. The van der Waals surface area contributed by atoms with Gasteiger partial charge in [0.1, 0.15) is 17.5 Å². The number of hydrogen-bond donors (Lipinski definition) is 2. The molecule has 6 nitrogen and oxygen atoms in total. The molecule has 2 aromatic heterocycles. The maximum absolute atomic E-state index is 4.36. The van der Waals surface area contributed by atoms with E-state index in [-0.39, 0.29) is 0 Å². The van der Waals surface area contributed by atoms with E-state index in [1.165, 1.54) is 0 Å². The van der Waals surface area contributed by atoms with Gasteiger partial charge in [0.05, 0.1) is 5.69 Å². The third-order valence-corrected chi connectivity index (χ3v) is 2.65. The highest BCUT2D eigenvalue weighted by molar-refractivity contribution is 5.47. The van der Waals surface area contributed by atoms with Gasteiger partial charge in [-0.1, -0.05) is 0 Å². The molecule has 0 bridgehead atoms. The van der Waals surface area contributed by atoms with Gasteiger partial charge < -0.3 is 10.6 Å². The quantitative estimate of drug-likeness (QED) is 0.826. The van der Waals surface area contributed by atoms with Gasteiger partial charge in [0.25, 0.3) is 0 Å². The third-order valence-electron chi connectivity index (χ3n) is 2.65. The van der Waals surface area contributed by atoms with Crippen LogP contribution < -0.4 is 10.6 Å². The van der Waals surface area contributed by atoms with Crippen molar-refractivity contribution in [1.29, 1.82) is 0 Å². The molecule has 2 N–H and O–H groups in total. The molecule has 0 saturated carbocycles. The molecule has 0 aliphatic rings. The summed E-state index contributed by atoms with van der Waals surface area (Å²) in [7, 11) is 1.92. The fourth-order valence-corrected chi connectivity index (χ4v) is 1.85. The molecular formula is C13H20N6. The zero-order valence-electron chi connectivity index (χ0n) is 11.6. The van der Waals surface area contributed by atoms with E-state index in [1.807, 2.05) is 43.9 Å². The summed E-state index contributed by atoms with van der Waals surface area (Å²) >= 11 is 0. The maximum atomic E-state index is 4.36. The highest BCUT2D eigenvalue weighted by atomic mass is 15.2. The van der Waals surface area contributed by atoms with Crippen LogP contribution in [0.3, 0.4) is 0 Å². The molecule has 0 saturated heterocycles. The number of rotatable bonds is 6. The lowest BCUT2D eigenvalue weighted by Gasteiger charge is -2.08.